The number of nitrogens with zero attached hydrogens (tertiary/aromatic N) is 1. The summed E-state index contributed by atoms with van der Waals surface area (Å²) in [6.07, 6.45) is 1.50. The fraction of sp³-hybridized carbons (Fsp3) is 1.00. The minimum atomic E-state index is 1.03. The summed E-state index contributed by atoms with van der Waals surface area (Å²) < 4.78 is 0. The highest BCUT2D eigenvalue weighted by Gasteiger charge is 2.49. The first-order valence-electron chi connectivity index (χ1n) is 2.58. The first-order valence-corrected chi connectivity index (χ1v) is 2.58. The fourth-order valence-electron chi connectivity index (χ4n) is 1.33. The molecule has 2 rings (SSSR count). The van der Waals surface area contributed by atoms with Crippen LogP contribution < -0.4 is 0 Å². The predicted octanol–water partition coefficient (Wildman–Crippen LogP) is 0.320. The molecular formula is C5H9N. The first-order chi connectivity index (χ1) is 2.88. The quantitative estimate of drug-likeness (QED) is 0.407. The lowest BCUT2D eigenvalue weighted by Crippen LogP contribution is -2.34. The summed E-state index contributed by atoms with van der Waals surface area (Å²) in [5.41, 5.74) is 0. The number of hydrogen-bond acceptors (Lipinski definition) is 1. The van der Waals surface area contributed by atoms with Crippen molar-refractivity contribution < 1.29 is 0 Å². The van der Waals surface area contributed by atoms with Crippen molar-refractivity contribution in [3.8, 4) is 0 Å². The average molecular weight is 83.1 g/mol. The summed E-state index contributed by atoms with van der Waals surface area (Å²) in [5, 5.41) is 0. The molecular weight excluding hydrogens is 74.1 g/mol. The molecule has 2 unspecified atom stereocenters. The van der Waals surface area contributed by atoms with Crippen molar-refractivity contribution in [2.75, 3.05) is 13.6 Å². The Morgan fingerprint density at radius 2 is 2.50 bits per heavy atom. The molecule has 0 amide bonds. The van der Waals surface area contributed by atoms with Gasteiger partial charge in [-0.1, -0.05) is 0 Å². The van der Waals surface area contributed by atoms with Crippen LogP contribution in [0.1, 0.15) is 6.42 Å². The molecule has 1 saturated heterocycles. The van der Waals surface area contributed by atoms with Crippen LogP contribution in [0.15, 0.2) is 0 Å². The number of fused-ring (bicyclic) bond motifs is 1. The Balaban J connectivity index is 2.08. The van der Waals surface area contributed by atoms with E-state index in [4.69, 9.17) is 0 Å². The van der Waals surface area contributed by atoms with E-state index in [0.717, 1.165) is 12.0 Å². The monoisotopic (exact) mass is 83.1 g/mol. The van der Waals surface area contributed by atoms with Crippen molar-refractivity contribution in [2.45, 2.75) is 12.5 Å². The van der Waals surface area contributed by atoms with Crippen LogP contribution in [0.5, 0.6) is 0 Å². The van der Waals surface area contributed by atoms with Gasteiger partial charge in [-0.25, -0.2) is 0 Å². The minimum absolute atomic E-state index is 1.03. The minimum Gasteiger partial charge on any atom is -0.303 e. The molecule has 2 fully saturated rings. The van der Waals surface area contributed by atoms with Gasteiger partial charge >= 0.3 is 0 Å². The van der Waals surface area contributed by atoms with Crippen molar-refractivity contribution >= 4 is 0 Å². The van der Waals surface area contributed by atoms with Gasteiger partial charge in [0.25, 0.3) is 0 Å². The first kappa shape index (κ1) is 3.03. The molecule has 0 bridgehead atoms. The highest BCUT2D eigenvalue weighted by Crippen LogP contribution is 2.44. The van der Waals surface area contributed by atoms with Crippen molar-refractivity contribution in [3.05, 3.63) is 0 Å². The van der Waals surface area contributed by atoms with E-state index in [1.165, 1.54) is 13.0 Å². The van der Waals surface area contributed by atoms with Gasteiger partial charge in [0, 0.05) is 12.6 Å². The van der Waals surface area contributed by atoms with Crippen molar-refractivity contribution in [1.29, 1.82) is 0 Å². The molecule has 1 heterocycles. The molecule has 1 saturated carbocycles. The van der Waals surface area contributed by atoms with Crippen LogP contribution in [0.4, 0.5) is 0 Å². The van der Waals surface area contributed by atoms with Crippen LogP contribution in [-0.4, -0.2) is 24.5 Å². The summed E-state index contributed by atoms with van der Waals surface area (Å²) in [4.78, 5) is 2.42. The lowest BCUT2D eigenvalue weighted by Gasteiger charge is -2.24. The fourth-order valence-corrected chi connectivity index (χ4v) is 1.33. The third-order valence-corrected chi connectivity index (χ3v) is 1.97. The van der Waals surface area contributed by atoms with Gasteiger partial charge < -0.3 is 4.90 Å². The molecule has 0 aromatic carbocycles. The Labute approximate surface area is 37.9 Å². The van der Waals surface area contributed by atoms with E-state index in [2.05, 4.69) is 11.9 Å². The second kappa shape index (κ2) is 0.648. The van der Waals surface area contributed by atoms with Crippen LogP contribution in [0.2, 0.25) is 0 Å². The van der Waals surface area contributed by atoms with Crippen LogP contribution >= 0.6 is 0 Å². The molecule has 6 heavy (non-hydrogen) atoms. The third-order valence-electron chi connectivity index (χ3n) is 1.97. The average Bonchev–Trinajstić information content (AvgIpc) is 2.12. The van der Waals surface area contributed by atoms with Gasteiger partial charge in [0.2, 0.25) is 0 Å². The number of rotatable bonds is 0. The molecule has 34 valence electrons. The van der Waals surface area contributed by atoms with E-state index in [1.807, 2.05) is 0 Å². The largest absolute Gasteiger partial charge is 0.303 e. The topological polar surface area (TPSA) is 3.24 Å². The van der Waals surface area contributed by atoms with E-state index < -0.39 is 0 Å². The maximum absolute atomic E-state index is 2.42. The lowest BCUT2D eigenvalue weighted by molar-refractivity contribution is 0.215. The summed E-state index contributed by atoms with van der Waals surface area (Å²) >= 11 is 0. The summed E-state index contributed by atoms with van der Waals surface area (Å²) in [7, 11) is 2.20. The second-order valence-electron chi connectivity index (χ2n) is 2.50. The van der Waals surface area contributed by atoms with Crippen LogP contribution in [-0.2, 0) is 0 Å². The number of likely N-dealkylation sites (tertiary alicyclic amines) is 1. The third kappa shape index (κ3) is 0.178. The highest BCUT2D eigenvalue weighted by molar-refractivity contribution is 5.04. The predicted molar refractivity (Wildman–Crippen MR) is 24.5 cm³/mol. The zero-order valence-electron chi connectivity index (χ0n) is 4.02. The van der Waals surface area contributed by atoms with Crippen LogP contribution in [0.25, 0.3) is 0 Å². The molecule has 1 aliphatic carbocycles. The summed E-state index contributed by atoms with van der Waals surface area (Å²) in [6, 6.07) is 1.03. The van der Waals surface area contributed by atoms with Crippen molar-refractivity contribution in [3.63, 3.8) is 0 Å². The van der Waals surface area contributed by atoms with E-state index in [9.17, 15) is 0 Å². The van der Waals surface area contributed by atoms with Crippen molar-refractivity contribution in [1.82, 2.24) is 4.90 Å². The van der Waals surface area contributed by atoms with Gasteiger partial charge in [-0.3, -0.25) is 0 Å². The van der Waals surface area contributed by atoms with Gasteiger partial charge in [-0.2, -0.15) is 0 Å². The Kier molecular flexibility index (Phi) is 0.327. The molecule has 1 aliphatic heterocycles. The van der Waals surface area contributed by atoms with E-state index in [1.54, 1.807) is 0 Å². The standard InChI is InChI=1S/C5H9N/c1-6-3-4-2-5(4)6/h4-5H,2-3H2,1H3. The van der Waals surface area contributed by atoms with E-state index in [0.29, 0.717) is 0 Å². The molecule has 2 atom stereocenters. The van der Waals surface area contributed by atoms with Crippen molar-refractivity contribution in [2.24, 2.45) is 5.92 Å². The molecule has 2 aliphatic rings. The Morgan fingerprint density at radius 1 is 1.67 bits per heavy atom. The summed E-state index contributed by atoms with van der Waals surface area (Å²) in [6.45, 7) is 1.38. The second-order valence-corrected chi connectivity index (χ2v) is 2.50. The molecule has 1 heteroatoms. The maximum Gasteiger partial charge on any atom is 0.0137 e. The molecule has 0 spiro atoms. The van der Waals surface area contributed by atoms with Crippen LogP contribution in [0, 0.1) is 5.92 Å². The smallest absolute Gasteiger partial charge is 0.0137 e. The van der Waals surface area contributed by atoms with Gasteiger partial charge in [-0.05, 0) is 19.4 Å². The van der Waals surface area contributed by atoms with Gasteiger partial charge in [-0.15, -0.1) is 0 Å². The normalized spacial score (nSPS) is 53.5. The Bertz CT molecular complexity index is 80.0. The lowest BCUT2D eigenvalue weighted by atomic mass is 10.2. The zero-order valence-corrected chi connectivity index (χ0v) is 4.02. The van der Waals surface area contributed by atoms with E-state index in [-0.39, 0.29) is 0 Å². The summed E-state index contributed by atoms with van der Waals surface area (Å²) in [5.74, 6) is 1.13. The maximum atomic E-state index is 2.42. The van der Waals surface area contributed by atoms with E-state index >= 15 is 0 Å². The number of hydrogen-bond donors (Lipinski definition) is 0. The molecule has 0 N–H and O–H groups in total. The van der Waals surface area contributed by atoms with Gasteiger partial charge in [0.05, 0.1) is 0 Å². The molecule has 0 aromatic heterocycles. The Hall–Kier alpha value is -0.0400. The van der Waals surface area contributed by atoms with Gasteiger partial charge in [0.1, 0.15) is 0 Å². The highest BCUT2D eigenvalue weighted by atomic mass is 15.2. The zero-order chi connectivity index (χ0) is 4.15. The SMILES string of the molecule is CN1CC2CC21. The Morgan fingerprint density at radius 3 is 2.50 bits per heavy atom. The van der Waals surface area contributed by atoms with Crippen LogP contribution in [0.3, 0.4) is 0 Å². The molecule has 0 aromatic rings. The molecule has 1 nitrogen and oxygen atoms in total. The van der Waals surface area contributed by atoms with Gasteiger partial charge in [0.15, 0.2) is 0 Å². The molecule has 0 radical (unpaired) electrons.